The second-order valence-electron chi connectivity index (χ2n) is 10.6. The Labute approximate surface area is 244 Å². The number of nitrogens with zero attached hydrogens (tertiary/aromatic N) is 1. The molecular formula is C33H34ClN3O4. The number of hydrogen-bond donors (Lipinski definition) is 2. The van der Waals surface area contributed by atoms with Gasteiger partial charge in [-0.3, -0.25) is 19.0 Å². The highest BCUT2D eigenvalue weighted by molar-refractivity contribution is 6.30. The molecule has 7 nitrogen and oxygen atoms in total. The topological polar surface area (TPSA) is 89.4 Å². The van der Waals surface area contributed by atoms with Crippen LogP contribution in [0, 0.1) is 12.8 Å². The van der Waals surface area contributed by atoms with Crippen molar-refractivity contribution in [1.29, 1.82) is 0 Å². The fourth-order valence-electron chi connectivity index (χ4n) is 5.52. The first-order chi connectivity index (χ1) is 19.8. The van der Waals surface area contributed by atoms with Gasteiger partial charge >= 0.3 is 0 Å². The van der Waals surface area contributed by atoms with Crippen LogP contribution in [0.2, 0.25) is 5.02 Å². The van der Waals surface area contributed by atoms with E-state index in [0.29, 0.717) is 40.6 Å². The lowest BCUT2D eigenvalue weighted by Gasteiger charge is -2.11. The van der Waals surface area contributed by atoms with Gasteiger partial charge in [0.05, 0.1) is 19.0 Å². The molecule has 0 radical (unpaired) electrons. The third kappa shape index (κ3) is 6.46. The lowest BCUT2D eigenvalue weighted by Crippen LogP contribution is -2.28. The third-order valence-corrected chi connectivity index (χ3v) is 8.13. The molecule has 1 aliphatic rings. The Morgan fingerprint density at radius 1 is 0.902 bits per heavy atom. The predicted octanol–water partition coefficient (Wildman–Crippen LogP) is 5.97. The third-order valence-electron chi connectivity index (χ3n) is 7.88. The molecule has 0 aliphatic heterocycles. The van der Waals surface area contributed by atoms with Crippen LogP contribution in [0.15, 0.2) is 66.7 Å². The fourth-order valence-corrected chi connectivity index (χ4v) is 5.64. The Bertz CT molecular complexity index is 1570. The first kappa shape index (κ1) is 28.4. The van der Waals surface area contributed by atoms with Crippen LogP contribution in [0.3, 0.4) is 0 Å². The number of aromatic nitrogens is 1. The van der Waals surface area contributed by atoms with E-state index in [-0.39, 0.29) is 30.1 Å². The summed E-state index contributed by atoms with van der Waals surface area (Å²) in [6.07, 6.45) is 4.35. The van der Waals surface area contributed by atoms with E-state index < -0.39 is 0 Å². The number of amides is 2. The molecule has 0 saturated heterocycles. The average Bonchev–Trinajstić information content (AvgIpc) is 3.62. The molecule has 0 unspecified atom stereocenters. The molecule has 1 saturated carbocycles. The number of methoxy groups -OCH3 is 1. The monoisotopic (exact) mass is 571 g/mol. The Morgan fingerprint density at radius 3 is 2.17 bits per heavy atom. The highest BCUT2D eigenvalue weighted by Gasteiger charge is 2.23. The Balaban J connectivity index is 1.26. The van der Waals surface area contributed by atoms with Gasteiger partial charge in [-0.25, -0.2) is 0 Å². The van der Waals surface area contributed by atoms with Crippen molar-refractivity contribution in [2.45, 2.75) is 52.1 Å². The maximum Gasteiger partial charge on any atom is 0.262 e. The maximum absolute atomic E-state index is 13.5. The number of fused-ring (bicyclic) bond motifs is 1. The van der Waals surface area contributed by atoms with Gasteiger partial charge < -0.3 is 15.4 Å². The standard InChI is InChI=1S/C33H34ClN3O4/c1-21-28(29-17-27(41-2)15-16-30(29)37(21)33(40)25-11-13-26(34)14-12-25)18-31(38)35-19-22-7-9-23(10-8-22)20-36-32(39)24-5-3-4-6-24/h7-17,24H,3-6,18-20H2,1-2H3,(H,35,38)(H,36,39). The molecule has 1 aliphatic carbocycles. The molecule has 2 amide bonds. The van der Waals surface area contributed by atoms with Crippen LogP contribution in [0.4, 0.5) is 0 Å². The van der Waals surface area contributed by atoms with Gasteiger partial charge in [0.25, 0.3) is 5.91 Å². The molecule has 1 fully saturated rings. The fraction of sp³-hybridized carbons (Fsp3) is 0.303. The van der Waals surface area contributed by atoms with Crippen LogP contribution in [-0.4, -0.2) is 29.4 Å². The summed E-state index contributed by atoms with van der Waals surface area (Å²) in [4.78, 5) is 38.9. The summed E-state index contributed by atoms with van der Waals surface area (Å²) in [7, 11) is 1.59. The molecule has 0 atom stereocenters. The van der Waals surface area contributed by atoms with Crippen LogP contribution in [-0.2, 0) is 29.1 Å². The smallest absolute Gasteiger partial charge is 0.262 e. The Kier molecular flexibility index (Phi) is 8.74. The minimum absolute atomic E-state index is 0.113. The van der Waals surface area contributed by atoms with Crippen molar-refractivity contribution in [3.8, 4) is 5.75 Å². The number of ether oxygens (including phenoxy) is 1. The SMILES string of the molecule is COc1ccc2c(c1)c(CC(=O)NCc1ccc(CNC(=O)C3CCCC3)cc1)c(C)n2C(=O)c1ccc(Cl)cc1. The van der Waals surface area contributed by atoms with Gasteiger partial charge in [-0.05, 0) is 78.9 Å². The van der Waals surface area contributed by atoms with Gasteiger partial charge in [0.1, 0.15) is 5.75 Å². The molecular weight excluding hydrogens is 538 g/mol. The zero-order valence-corrected chi connectivity index (χ0v) is 24.1. The Morgan fingerprint density at radius 2 is 1.54 bits per heavy atom. The van der Waals surface area contributed by atoms with E-state index in [1.54, 1.807) is 42.0 Å². The number of carbonyl (C=O) groups excluding carboxylic acids is 3. The molecule has 1 aromatic heterocycles. The van der Waals surface area contributed by atoms with Gasteiger partial charge in [-0.2, -0.15) is 0 Å². The zero-order chi connectivity index (χ0) is 28.9. The number of hydrogen-bond acceptors (Lipinski definition) is 4. The first-order valence-corrected chi connectivity index (χ1v) is 14.3. The quantitative estimate of drug-likeness (QED) is 0.259. The van der Waals surface area contributed by atoms with Gasteiger partial charge in [-0.1, -0.05) is 48.7 Å². The normalized spacial score (nSPS) is 13.3. The van der Waals surface area contributed by atoms with Crippen LogP contribution in [0.25, 0.3) is 10.9 Å². The van der Waals surface area contributed by atoms with E-state index in [0.717, 1.165) is 47.8 Å². The number of halogens is 1. The number of rotatable bonds is 9. The minimum atomic E-state index is -0.194. The van der Waals surface area contributed by atoms with E-state index in [4.69, 9.17) is 16.3 Å². The first-order valence-electron chi connectivity index (χ1n) is 13.9. The van der Waals surface area contributed by atoms with Crippen molar-refractivity contribution >= 4 is 40.2 Å². The average molecular weight is 572 g/mol. The molecule has 2 N–H and O–H groups in total. The molecule has 41 heavy (non-hydrogen) atoms. The van der Waals surface area contributed by atoms with Gasteiger partial charge in [0.2, 0.25) is 11.8 Å². The molecule has 212 valence electrons. The second-order valence-corrected chi connectivity index (χ2v) is 11.0. The minimum Gasteiger partial charge on any atom is -0.497 e. The largest absolute Gasteiger partial charge is 0.497 e. The van der Waals surface area contributed by atoms with Crippen molar-refractivity contribution in [3.05, 3.63) is 99.7 Å². The van der Waals surface area contributed by atoms with Crippen LogP contribution in [0.1, 0.15) is 58.4 Å². The lowest BCUT2D eigenvalue weighted by atomic mass is 10.1. The van der Waals surface area contributed by atoms with Crippen molar-refractivity contribution in [3.63, 3.8) is 0 Å². The van der Waals surface area contributed by atoms with Crippen molar-refractivity contribution in [2.75, 3.05) is 7.11 Å². The van der Waals surface area contributed by atoms with Gasteiger partial charge in [0.15, 0.2) is 0 Å². The summed E-state index contributed by atoms with van der Waals surface area (Å²) in [6, 6.07) is 20.1. The summed E-state index contributed by atoms with van der Waals surface area (Å²) >= 11 is 6.02. The van der Waals surface area contributed by atoms with E-state index in [1.165, 1.54) is 0 Å². The molecule has 0 bridgehead atoms. The van der Waals surface area contributed by atoms with E-state index in [2.05, 4.69) is 10.6 Å². The Hall–Kier alpha value is -4.10. The van der Waals surface area contributed by atoms with Crippen LogP contribution >= 0.6 is 11.6 Å². The van der Waals surface area contributed by atoms with E-state index in [9.17, 15) is 14.4 Å². The second kappa shape index (κ2) is 12.6. The molecule has 8 heteroatoms. The lowest BCUT2D eigenvalue weighted by molar-refractivity contribution is -0.125. The van der Waals surface area contributed by atoms with E-state index in [1.807, 2.05) is 43.3 Å². The predicted molar refractivity (Wildman–Crippen MR) is 160 cm³/mol. The number of nitrogens with one attached hydrogen (secondary N) is 2. The summed E-state index contributed by atoms with van der Waals surface area (Å²) in [5.41, 5.74) is 4.67. The molecule has 0 spiro atoms. The molecule has 5 rings (SSSR count). The molecule has 1 heterocycles. The summed E-state index contributed by atoms with van der Waals surface area (Å²) < 4.78 is 7.07. The highest BCUT2D eigenvalue weighted by Crippen LogP contribution is 2.31. The number of carbonyl (C=O) groups is 3. The molecule has 3 aromatic carbocycles. The molecule has 4 aromatic rings. The van der Waals surface area contributed by atoms with Crippen molar-refractivity contribution < 1.29 is 19.1 Å². The highest BCUT2D eigenvalue weighted by atomic mass is 35.5. The number of benzene rings is 3. The summed E-state index contributed by atoms with van der Waals surface area (Å²) in [6.45, 7) is 2.73. The van der Waals surface area contributed by atoms with Crippen LogP contribution in [0.5, 0.6) is 5.75 Å². The zero-order valence-electron chi connectivity index (χ0n) is 23.3. The van der Waals surface area contributed by atoms with Crippen LogP contribution < -0.4 is 15.4 Å². The van der Waals surface area contributed by atoms with Gasteiger partial charge in [0, 0.05) is 40.7 Å². The van der Waals surface area contributed by atoms with Crippen molar-refractivity contribution in [1.82, 2.24) is 15.2 Å². The van der Waals surface area contributed by atoms with Crippen molar-refractivity contribution in [2.24, 2.45) is 5.92 Å². The van der Waals surface area contributed by atoms with Gasteiger partial charge in [-0.15, -0.1) is 0 Å². The maximum atomic E-state index is 13.5. The summed E-state index contributed by atoms with van der Waals surface area (Å²) in [5, 5.41) is 7.39. The summed E-state index contributed by atoms with van der Waals surface area (Å²) in [5.74, 6) is 0.596. The van der Waals surface area contributed by atoms with E-state index >= 15 is 0 Å².